The zero-order chi connectivity index (χ0) is 12.3. The van der Waals surface area contributed by atoms with Gasteiger partial charge in [0.2, 0.25) is 0 Å². The molecule has 0 saturated heterocycles. The molecule has 1 N–H and O–H groups in total. The molecule has 5 heteroatoms. The first kappa shape index (κ1) is 13.0. The summed E-state index contributed by atoms with van der Waals surface area (Å²) in [7, 11) is 0. The summed E-state index contributed by atoms with van der Waals surface area (Å²) in [5, 5.41) is 4.09. The Bertz CT molecular complexity index is 399. The molecule has 3 nitrogen and oxygen atoms in total. The molecule has 1 saturated carbocycles. The third-order valence-corrected chi connectivity index (χ3v) is 4.52. The smallest absolute Gasteiger partial charge is 0.287 e. The highest BCUT2D eigenvalue weighted by Gasteiger charge is 2.33. The van der Waals surface area contributed by atoms with E-state index < -0.39 is 0 Å². The van der Waals surface area contributed by atoms with E-state index in [1.165, 1.54) is 6.42 Å². The monoisotopic (exact) mass is 319 g/mol. The average Bonchev–Trinajstić information content (AvgIpc) is 2.77. The van der Waals surface area contributed by atoms with Crippen LogP contribution in [0.1, 0.15) is 42.7 Å². The fourth-order valence-electron chi connectivity index (χ4n) is 2.26. The normalized spacial score (nSPS) is 18.9. The molecule has 0 radical (unpaired) electrons. The van der Waals surface area contributed by atoms with Crippen LogP contribution in [-0.2, 0) is 0 Å². The lowest BCUT2D eigenvalue weighted by molar-refractivity contribution is 0.0858. The first-order valence-corrected chi connectivity index (χ1v) is 7.29. The summed E-state index contributed by atoms with van der Waals surface area (Å²) in [6.45, 7) is 0. The Morgan fingerprint density at radius 3 is 2.65 bits per heavy atom. The van der Waals surface area contributed by atoms with Crippen LogP contribution in [0.3, 0.4) is 0 Å². The van der Waals surface area contributed by atoms with E-state index in [4.69, 9.17) is 16.0 Å². The van der Waals surface area contributed by atoms with Crippen molar-refractivity contribution < 1.29 is 9.21 Å². The van der Waals surface area contributed by atoms with Crippen LogP contribution < -0.4 is 5.32 Å². The Hall–Kier alpha value is -0.480. The van der Waals surface area contributed by atoms with Crippen LogP contribution in [0.4, 0.5) is 0 Å². The van der Waals surface area contributed by atoms with Crippen LogP contribution in [0.25, 0.3) is 0 Å². The highest BCUT2D eigenvalue weighted by Crippen LogP contribution is 2.30. The van der Waals surface area contributed by atoms with E-state index in [0.717, 1.165) is 31.0 Å². The molecule has 0 aromatic carbocycles. The third-order valence-electron chi connectivity index (χ3n) is 3.24. The number of carbonyl (C=O) groups is 1. The van der Waals surface area contributed by atoms with Gasteiger partial charge in [-0.1, -0.05) is 35.2 Å². The lowest BCUT2D eigenvalue weighted by Gasteiger charge is -2.36. The fraction of sp³-hybridized carbons (Fsp3) is 0.583. The van der Waals surface area contributed by atoms with Crippen LogP contribution in [0, 0.1) is 0 Å². The molecule has 17 heavy (non-hydrogen) atoms. The number of furan rings is 1. The van der Waals surface area contributed by atoms with Crippen molar-refractivity contribution >= 4 is 33.4 Å². The van der Waals surface area contributed by atoms with E-state index in [2.05, 4.69) is 21.2 Å². The highest BCUT2D eigenvalue weighted by molar-refractivity contribution is 9.09. The van der Waals surface area contributed by atoms with Crippen molar-refractivity contribution in [2.75, 3.05) is 5.33 Å². The van der Waals surface area contributed by atoms with Crippen LogP contribution >= 0.6 is 27.5 Å². The van der Waals surface area contributed by atoms with Gasteiger partial charge in [0, 0.05) is 5.33 Å². The predicted molar refractivity (Wildman–Crippen MR) is 70.8 cm³/mol. The minimum absolute atomic E-state index is 0.130. The van der Waals surface area contributed by atoms with Crippen LogP contribution in [0.15, 0.2) is 16.5 Å². The molecule has 0 aliphatic heterocycles. The van der Waals surface area contributed by atoms with Gasteiger partial charge in [-0.25, -0.2) is 0 Å². The maximum atomic E-state index is 12.0. The molecule has 1 aliphatic carbocycles. The number of alkyl halides is 1. The molecule has 1 amide bonds. The number of rotatable bonds is 3. The van der Waals surface area contributed by atoms with Crippen LogP contribution in [0.5, 0.6) is 0 Å². The molecule has 2 rings (SSSR count). The van der Waals surface area contributed by atoms with E-state index in [0.29, 0.717) is 0 Å². The molecular weight excluding hydrogens is 305 g/mol. The Kier molecular flexibility index (Phi) is 4.15. The lowest BCUT2D eigenvalue weighted by atomic mass is 9.83. The summed E-state index contributed by atoms with van der Waals surface area (Å²) >= 11 is 9.16. The minimum Gasteiger partial charge on any atom is -0.440 e. The Morgan fingerprint density at radius 1 is 1.41 bits per heavy atom. The van der Waals surface area contributed by atoms with Crippen LogP contribution in [-0.4, -0.2) is 16.8 Å². The summed E-state index contributed by atoms with van der Waals surface area (Å²) in [5.74, 6) is 0.0964. The zero-order valence-corrected chi connectivity index (χ0v) is 11.8. The van der Waals surface area contributed by atoms with Gasteiger partial charge in [0.15, 0.2) is 11.0 Å². The first-order chi connectivity index (χ1) is 8.15. The van der Waals surface area contributed by atoms with E-state index in [9.17, 15) is 4.79 Å². The van der Waals surface area contributed by atoms with Gasteiger partial charge >= 0.3 is 0 Å². The molecular formula is C12H15BrClNO2. The molecule has 1 aliphatic rings. The molecule has 0 spiro atoms. The van der Waals surface area contributed by atoms with Crippen molar-refractivity contribution in [3.8, 4) is 0 Å². The van der Waals surface area contributed by atoms with Crippen molar-refractivity contribution in [3.63, 3.8) is 0 Å². The van der Waals surface area contributed by atoms with Crippen LogP contribution in [0.2, 0.25) is 5.22 Å². The summed E-state index contributed by atoms with van der Waals surface area (Å²) in [6.07, 6.45) is 5.59. The van der Waals surface area contributed by atoms with Gasteiger partial charge in [0.1, 0.15) is 0 Å². The summed E-state index contributed by atoms with van der Waals surface area (Å²) < 4.78 is 5.11. The van der Waals surface area contributed by atoms with E-state index in [1.807, 2.05) is 0 Å². The van der Waals surface area contributed by atoms with Gasteiger partial charge < -0.3 is 9.73 Å². The molecule has 1 heterocycles. The van der Waals surface area contributed by atoms with Crippen molar-refractivity contribution in [1.29, 1.82) is 0 Å². The van der Waals surface area contributed by atoms with Gasteiger partial charge in [0.25, 0.3) is 5.91 Å². The zero-order valence-electron chi connectivity index (χ0n) is 9.47. The van der Waals surface area contributed by atoms with E-state index >= 15 is 0 Å². The van der Waals surface area contributed by atoms with Crippen molar-refractivity contribution in [2.24, 2.45) is 0 Å². The van der Waals surface area contributed by atoms with Gasteiger partial charge in [-0.2, -0.15) is 0 Å². The number of hydrogen-bond donors (Lipinski definition) is 1. The Balaban J connectivity index is 2.05. The fourth-order valence-corrected chi connectivity index (χ4v) is 3.11. The Morgan fingerprint density at radius 2 is 2.12 bits per heavy atom. The molecule has 1 fully saturated rings. The van der Waals surface area contributed by atoms with Crippen molar-refractivity contribution in [2.45, 2.75) is 37.6 Å². The topological polar surface area (TPSA) is 42.2 Å². The van der Waals surface area contributed by atoms with Gasteiger partial charge in [0.05, 0.1) is 5.54 Å². The minimum atomic E-state index is -0.182. The molecule has 0 bridgehead atoms. The maximum Gasteiger partial charge on any atom is 0.287 e. The van der Waals surface area contributed by atoms with Gasteiger partial charge in [-0.15, -0.1) is 0 Å². The van der Waals surface area contributed by atoms with E-state index in [1.54, 1.807) is 12.1 Å². The quantitative estimate of drug-likeness (QED) is 0.862. The second kappa shape index (κ2) is 5.44. The number of hydrogen-bond acceptors (Lipinski definition) is 2. The van der Waals surface area contributed by atoms with E-state index in [-0.39, 0.29) is 22.4 Å². The largest absolute Gasteiger partial charge is 0.440 e. The number of carbonyl (C=O) groups excluding carboxylic acids is 1. The molecule has 0 atom stereocenters. The average molecular weight is 321 g/mol. The summed E-state index contributed by atoms with van der Waals surface area (Å²) in [4.78, 5) is 12.0. The third kappa shape index (κ3) is 3.05. The predicted octanol–water partition coefficient (Wildman–Crippen LogP) is 3.76. The van der Waals surface area contributed by atoms with Gasteiger partial charge in [-0.05, 0) is 36.6 Å². The van der Waals surface area contributed by atoms with Crippen molar-refractivity contribution in [1.82, 2.24) is 5.32 Å². The highest BCUT2D eigenvalue weighted by atomic mass is 79.9. The number of halogens is 2. The van der Waals surface area contributed by atoms with Gasteiger partial charge in [-0.3, -0.25) is 4.79 Å². The molecule has 0 unspecified atom stereocenters. The summed E-state index contributed by atoms with van der Waals surface area (Å²) in [6, 6.07) is 3.18. The standard InChI is InChI=1S/C12H15BrClNO2/c13-8-12(6-2-1-3-7-12)15-11(16)9-4-5-10(14)17-9/h4-5H,1-3,6-8H2,(H,15,16). The SMILES string of the molecule is O=C(NC1(CBr)CCCCC1)c1ccc(Cl)o1. The number of amides is 1. The lowest BCUT2D eigenvalue weighted by Crippen LogP contribution is -2.51. The Labute approximate surface area is 114 Å². The first-order valence-electron chi connectivity index (χ1n) is 5.79. The second-order valence-corrected chi connectivity index (χ2v) is 5.47. The number of nitrogens with one attached hydrogen (secondary N) is 1. The maximum absolute atomic E-state index is 12.0. The summed E-state index contributed by atoms with van der Waals surface area (Å²) in [5.41, 5.74) is -0.130. The molecule has 1 aromatic heterocycles. The van der Waals surface area contributed by atoms with Crippen molar-refractivity contribution in [3.05, 3.63) is 23.1 Å². The molecule has 94 valence electrons. The molecule has 1 aromatic rings. The second-order valence-electron chi connectivity index (χ2n) is 4.53.